The highest BCUT2D eigenvalue weighted by Gasteiger charge is 1.99. The molecule has 0 saturated carbocycles. The number of unbranched alkanes of at least 4 members (excludes halogenated alkanes) is 10. The van der Waals surface area contributed by atoms with E-state index in [2.05, 4.69) is 6.58 Å². The summed E-state index contributed by atoms with van der Waals surface area (Å²) < 4.78 is 4.89. The van der Waals surface area contributed by atoms with Crippen LogP contribution in [0.5, 0.6) is 0 Å². The first-order valence-electron chi connectivity index (χ1n) is 8.74. The van der Waals surface area contributed by atoms with Gasteiger partial charge in [-0.1, -0.05) is 76.8 Å². The van der Waals surface area contributed by atoms with Crippen LogP contribution < -0.4 is 0 Å². The Kier molecular flexibility index (Phi) is 17.4. The molecule has 0 spiro atoms. The smallest absolute Gasteiger partial charge is 0.330 e. The fourth-order valence-electron chi connectivity index (χ4n) is 2.40. The summed E-state index contributed by atoms with van der Waals surface area (Å²) in [4.78, 5) is 10.8. The van der Waals surface area contributed by atoms with E-state index in [0.29, 0.717) is 6.61 Å². The Morgan fingerprint density at radius 1 is 0.909 bits per heavy atom. The summed E-state index contributed by atoms with van der Waals surface area (Å²) in [6.45, 7) is 3.90. The molecule has 0 aromatic rings. The van der Waals surface area contributed by atoms with Gasteiger partial charge in [0.1, 0.15) is 0 Å². The Morgan fingerprint density at radius 2 is 1.36 bits per heavy atom. The van der Waals surface area contributed by atoms with Crippen molar-refractivity contribution in [3.8, 4) is 0 Å². The highest BCUT2D eigenvalue weighted by atomic mass is 35.5. The zero-order valence-corrected chi connectivity index (χ0v) is 16.8. The predicted octanol–water partition coefficient (Wildman–Crippen LogP) is 5.36. The number of ether oxygens (including phenoxy) is 1. The normalized spacial score (nSPS) is 11.4. The molecule has 22 heavy (non-hydrogen) atoms. The molecule has 0 atom stereocenters. The maximum absolute atomic E-state index is 10.8. The lowest BCUT2D eigenvalue weighted by atomic mass is 10.1. The van der Waals surface area contributed by atoms with E-state index in [-0.39, 0.29) is 19.9 Å². The van der Waals surface area contributed by atoms with Crippen LogP contribution in [0, 0.1) is 0 Å². The van der Waals surface area contributed by atoms with Crippen LogP contribution in [0.3, 0.4) is 0 Å². The standard InChI is InChI=1S/C17H32Cl2O2Si/c1-2-16(20)21-14-12-10-8-6-4-3-5-7-9-11-13-15-22-17(18)19/h2,17H,1,3-15,22H2. The van der Waals surface area contributed by atoms with Crippen molar-refractivity contribution in [2.24, 2.45) is 0 Å². The summed E-state index contributed by atoms with van der Waals surface area (Å²) in [5, 5.41) is 0. The molecule has 0 fully saturated rings. The molecule has 0 aliphatic heterocycles. The molecule has 0 bridgehead atoms. The highest BCUT2D eigenvalue weighted by molar-refractivity contribution is 6.68. The van der Waals surface area contributed by atoms with Crippen molar-refractivity contribution in [1.82, 2.24) is 0 Å². The number of hydrogen-bond acceptors (Lipinski definition) is 2. The van der Waals surface area contributed by atoms with Gasteiger partial charge in [0, 0.05) is 6.08 Å². The van der Waals surface area contributed by atoms with E-state index >= 15 is 0 Å². The van der Waals surface area contributed by atoms with Crippen LogP contribution in [0.1, 0.15) is 70.6 Å². The van der Waals surface area contributed by atoms with Crippen LogP contribution in [-0.4, -0.2) is 26.6 Å². The van der Waals surface area contributed by atoms with Gasteiger partial charge in [-0.3, -0.25) is 0 Å². The molecular weight excluding hydrogens is 335 g/mol. The summed E-state index contributed by atoms with van der Waals surface area (Å²) in [6, 6.07) is 1.29. The zero-order valence-electron chi connectivity index (χ0n) is 13.8. The minimum Gasteiger partial charge on any atom is -0.463 e. The topological polar surface area (TPSA) is 26.3 Å². The molecule has 2 nitrogen and oxygen atoms in total. The number of carbonyl (C=O) groups is 1. The SMILES string of the molecule is C=CC(=O)OCCCCCCCCCCCCC[SiH2]C(Cl)Cl. The van der Waals surface area contributed by atoms with Crippen LogP contribution >= 0.6 is 23.2 Å². The molecule has 0 rings (SSSR count). The lowest BCUT2D eigenvalue weighted by Gasteiger charge is -2.04. The summed E-state index contributed by atoms with van der Waals surface area (Å²) in [7, 11) is -0.222. The molecule has 0 aliphatic carbocycles. The van der Waals surface area contributed by atoms with Crippen LogP contribution in [0.25, 0.3) is 0 Å². The highest BCUT2D eigenvalue weighted by Crippen LogP contribution is 2.13. The average molecular weight is 367 g/mol. The lowest BCUT2D eigenvalue weighted by Crippen LogP contribution is -2.01. The Labute approximate surface area is 148 Å². The fourth-order valence-corrected chi connectivity index (χ4v) is 4.28. The van der Waals surface area contributed by atoms with Gasteiger partial charge in [-0.15, -0.1) is 23.2 Å². The van der Waals surface area contributed by atoms with Gasteiger partial charge in [0.15, 0.2) is 0 Å². The van der Waals surface area contributed by atoms with Crippen molar-refractivity contribution in [1.29, 1.82) is 0 Å². The molecule has 130 valence electrons. The minimum absolute atomic E-state index is 0.0472. The quantitative estimate of drug-likeness (QED) is 0.121. The Morgan fingerprint density at radius 3 is 1.82 bits per heavy atom. The Hall–Kier alpha value is 0.00688. The van der Waals surface area contributed by atoms with Crippen molar-refractivity contribution in [2.45, 2.75) is 81.1 Å². The molecule has 0 N–H and O–H groups in total. The van der Waals surface area contributed by atoms with Gasteiger partial charge < -0.3 is 4.74 Å². The van der Waals surface area contributed by atoms with Crippen molar-refractivity contribution in [3.05, 3.63) is 12.7 Å². The van der Waals surface area contributed by atoms with Crippen molar-refractivity contribution < 1.29 is 9.53 Å². The number of hydrogen-bond donors (Lipinski definition) is 0. The van der Waals surface area contributed by atoms with Gasteiger partial charge in [0.2, 0.25) is 0 Å². The monoisotopic (exact) mass is 366 g/mol. The number of carbonyl (C=O) groups excluding carboxylic acids is 1. The zero-order chi connectivity index (χ0) is 16.5. The second-order valence-electron chi connectivity index (χ2n) is 5.79. The Balaban J connectivity index is 3.02. The van der Waals surface area contributed by atoms with Crippen LogP contribution in [0.4, 0.5) is 0 Å². The first kappa shape index (κ1) is 22.0. The third-order valence-electron chi connectivity index (χ3n) is 3.73. The molecule has 0 aliphatic rings. The third-order valence-corrected chi connectivity index (χ3v) is 6.38. The fraction of sp³-hybridized carbons (Fsp3) is 0.824. The van der Waals surface area contributed by atoms with Gasteiger partial charge in [0.05, 0.1) is 20.6 Å². The molecular formula is C17H32Cl2O2Si. The van der Waals surface area contributed by atoms with E-state index in [9.17, 15) is 4.79 Å². The van der Waals surface area contributed by atoms with Crippen LogP contribution in [0.2, 0.25) is 6.04 Å². The molecule has 0 aromatic carbocycles. The van der Waals surface area contributed by atoms with E-state index in [1.165, 1.54) is 69.9 Å². The van der Waals surface area contributed by atoms with E-state index < -0.39 is 0 Å². The van der Waals surface area contributed by atoms with E-state index in [0.717, 1.165) is 12.8 Å². The molecule has 0 saturated heterocycles. The van der Waals surface area contributed by atoms with Gasteiger partial charge in [0.25, 0.3) is 0 Å². The third kappa shape index (κ3) is 18.1. The first-order chi connectivity index (χ1) is 10.7. The molecule has 0 radical (unpaired) electrons. The van der Waals surface area contributed by atoms with Crippen molar-refractivity contribution in [2.75, 3.05) is 6.61 Å². The predicted molar refractivity (Wildman–Crippen MR) is 101 cm³/mol. The summed E-state index contributed by atoms with van der Waals surface area (Å²) in [5.41, 5.74) is 0. The number of esters is 1. The lowest BCUT2D eigenvalue weighted by molar-refractivity contribution is -0.137. The van der Waals surface area contributed by atoms with E-state index in [1.807, 2.05) is 0 Å². The summed E-state index contributed by atoms with van der Waals surface area (Å²) >= 11 is 11.5. The molecule has 5 heteroatoms. The number of halogens is 2. The summed E-state index contributed by atoms with van der Waals surface area (Å²) in [6.07, 6.45) is 15.3. The van der Waals surface area contributed by atoms with Crippen LogP contribution in [-0.2, 0) is 9.53 Å². The second-order valence-corrected chi connectivity index (χ2v) is 10.2. The maximum atomic E-state index is 10.8. The summed E-state index contributed by atoms with van der Waals surface area (Å²) in [5.74, 6) is -0.313. The Bertz CT molecular complexity index is 273. The second kappa shape index (κ2) is 17.4. The first-order valence-corrected chi connectivity index (χ1v) is 11.4. The maximum Gasteiger partial charge on any atom is 0.330 e. The van der Waals surface area contributed by atoms with Crippen molar-refractivity contribution >= 4 is 38.7 Å². The molecule has 0 amide bonds. The van der Waals surface area contributed by atoms with Gasteiger partial charge in [-0.05, 0) is 6.42 Å². The average Bonchev–Trinajstić information content (AvgIpc) is 2.50. The number of rotatable bonds is 16. The molecule has 0 unspecified atom stereocenters. The largest absolute Gasteiger partial charge is 0.463 e. The molecule has 0 heterocycles. The minimum atomic E-state index is -0.313. The van der Waals surface area contributed by atoms with Crippen molar-refractivity contribution in [3.63, 3.8) is 0 Å². The van der Waals surface area contributed by atoms with E-state index in [1.54, 1.807) is 0 Å². The molecule has 0 aromatic heterocycles. The van der Waals surface area contributed by atoms with Crippen LogP contribution in [0.15, 0.2) is 12.7 Å². The van der Waals surface area contributed by atoms with E-state index in [4.69, 9.17) is 27.9 Å². The van der Waals surface area contributed by atoms with Gasteiger partial charge in [-0.2, -0.15) is 0 Å². The van der Waals surface area contributed by atoms with Gasteiger partial charge >= 0.3 is 5.97 Å². The number of alkyl halides is 2. The van der Waals surface area contributed by atoms with Gasteiger partial charge in [-0.25, -0.2) is 4.79 Å².